The molecule has 5 heteroatoms. The fourth-order valence-corrected chi connectivity index (χ4v) is 1.69. The second-order valence-corrected chi connectivity index (χ2v) is 4.54. The van der Waals surface area contributed by atoms with E-state index in [0.29, 0.717) is 42.6 Å². The van der Waals surface area contributed by atoms with Crippen molar-refractivity contribution in [1.29, 1.82) is 0 Å². The average molecular weight is 240 g/mol. The third-order valence-corrected chi connectivity index (χ3v) is 2.49. The Kier molecular flexibility index (Phi) is 4.69. The molecule has 1 N–H and O–H groups in total. The summed E-state index contributed by atoms with van der Waals surface area (Å²) in [6, 6.07) is 0. The number of hydrogen-bond donors (Lipinski definition) is 1. The van der Waals surface area contributed by atoms with Gasteiger partial charge < -0.3 is 9.84 Å². The molecule has 0 bridgehead atoms. The van der Waals surface area contributed by atoms with Crippen LogP contribution in [0.4, 0.5) is 0 Å². The number of carboxylic acid groups (broad SMARTS) is 1. The Morgan fingerprint density at radius 1 is 1.47 bits per heavy atom. The fraction of sp³-hybridized carbons (Fsp3) is 0.667. The Balaban J connectivity index is 2.61. The van der Waals surface area contributed by atoms with E-state index in [1.807, 2.05) is 0 Å². The van der Waals surface area contributed by atoms with Crippen LogP contribution >= 0.6 is 0 Å². The van der Waals surface area contributed by atoms with E-state index in [0.717, 1.165) is 0 Å². The van der Waals surface area contributed by atoms with Gasteiger partial charge in [-0.2, -0.15) is 5.10 Å². The molecule has 0 saturated heterocycles. The molecule has 1 rings (SSSR count). The Morgan fingerprint density at radius 2 is 2.12 bits per heavy atom. The smallest absolute Gasteiger partial charge is 0.339 e. The lowest BCUT2D eigenvalue weighted by Crippen LogP contribution is -2.12. The standard InChI is InChI=1S/C12H20N2O3/c1-8(2)7-17-6-5-14-10(4)11(12(15)16)9(3)13-14/h8H,5-7H2,1-4H3,(H,15,16). The van der Waals surface area contributed by atoms with Gasteiger partial charge in [-0.15, -0.1) is 0 Å². The molecule has 17 heavy (non-hydrogen) atoms. The van der Waals surface area contributed by atoms with Crippen molar-refractivity contribution in [3.63, 3.8) is 0 Å². The molecule has 1 heterocycles. The minimum Gasteiger partial charge on any atom is -0.478 e. The van der Waals surface area contributed by atoms with Crippen molar-refractivity contribution in [1.82, 2.24) is 9.78 Å². The number of ether oxygens (including phenoxy) is 1. The number of nitrogens with zero attached hydrogens (tertiary/aromatic N) is 2. The third kappa shape index (κ3) is 3.56. The van der Waals surface area contributed by atoms with Gasteiger partial charge in [-0.3, -0.25) is 4.68 Å². The Hall–Kier alpha value is -1.36. The summed E-state index contributed by atoms with van der Waals surface area (Å²) in [6.45, 7) is 9.52. The highest BCUT2D eigenvalue weighted by Crippen LogP contribution is 2.12. The molecule has 0 saturated carbocycles. The van der Waals surface area contributed by atoms with Gasteiger partial charge in [0.15, 0.2) is 0 Å². The highest BCUT2D eigenvalue weighted by atomic mass is 16.5. The molecule has 0 fully saturated rings. The molecule has 0 aliphatic rings. The molecular formula is C12H20N2O3. The van der Waals surface area contributed by atoms with Crippen LogP contribution in [0.2, 0.25) is 0 Å². The predicted molar refractivity (Wildman–Crippen MR) is 64.3 cm³/mol. The number of carbonyl (C=O) groups is 1. The van der Waals surface area contributed by atoms with E-state index in [9.17, 15) is 4.79 Å². The first-order chi connectivity index (χ1) is 7.93. The maximum Gasteiger partial charge on any atom is 0.339 e. The molecule has 96 valence electrons. The van der Waals surface area contributed by atoms with Crippen molar-refractivity contribution in [3.05, 3.63) is 17.0 Å². The molecule has 1 aromatic rings. The normalized spacial score (nSPS) is 11.1. The van der Waals surface area contributed by atoms with Crippen LogP contribution < -0.4 is 0 Å². The molecule has 0 radical (unpaired) electrons. The molecule has 0 aliphatic carbocycles. The fourth-order valence-electron chi connectivity index (χ4n) is 1.69. The highest BCUT2D eigenvalue weighted by molar-refractivity contribution is 5.90. The summed E-state index contributed by atoms with van der Waals surface area (Å²) in [5, 5.41) is 13.2. The third-order valence-electron chi connectivity index (χ3n) is 2.49. The minimum absolute atomic E-state index is 0.300. The second kappa shape index (κ2) is 5.82. The summed E-state index contributed by atoms with van der Waals surface area (Å²) in [4.78, 5) is 11.0. The van der Waals surface area contributed by atoms with E-state index in [-0.39, 0.29) is 0 Å². The van der Waals surface area contributed by atoms with Gasteiger partial charge >= 0.3 is 5.97 Å². The van der Waals surface area contributed by atoms with Crippen molar-refractivity contribution in [3.8, 4) is 0 Å². The van der Waals surface area contributed by atoms with E-state index in [4.69, 9.17) is 9.84 Å². The van der Waals surface area contributed by atoms with E-state index in [1.54, 1.807) is 18.5 Å². The molecule has 0 atom stereocenters. The van der Waals surface area contributed by atoms with Crippen LogP contribution in [0.1, 0.15) is 35.6 Å². The Morgan fingerprint density at radius 3 is 2.59 bits per heavy atom. The van der Waals surface area contributed by atoms with Gasteiger partial charge in [-0.1, -0.05) is 13.8 Å². The van der Waals surface area contributed by atoms with Crippen molar-refractivity contribution < 1.29 is 14.6 Å². The van der Waals surface area contributed by atoms with Crippen LogP contribution in [0, 0.1) is 19.8 Å². The second-order valence-electron chi connectivity index (χ2n) is 4.54. The van der Waals surface area contributed by atoms with Crippen LogP contribution in [0.25, 0.3) is 0 Å². The van der Waals surface area contributed by atoms with Gasteiger partial charge in [0.2, 0.25) is 0 Å². The Labute approximate surface area is 101 Å². The van der Waals surface area contributed by atoms with Crippen LogP contribution in [0.15, 0.2) is 0 Å². The summed E-state index contributed by atoms with van der Waals surface area (Å²) < 4.78 is 7.15. The van der Waals surface area contributed by atoms with Gasteiger partial charge in [-0.25, -0.2) is 4.79 Å². The predicted octanol–water partition coefficient (Wildman–Crippen LogP) is 1.87. The molecule has 0 unspecified atom stereocenters. The van der Waals surface area contributed by atoms with E-state index in [2.05, 4.69) is 18.9 Å². The quantitative estimate of drug-likeness (QED) is 0.771. The molecule has 0 spiro atoms. The van der Waals surface area contributed by atoms with E-state index >= 15 is 0 Å². The first-order valence-electron chi connectivity index (χ1n) is 5.78. The maximum atomic E-state index is 11.0. The van der Waals surface area contributed by atoms with Crippen LogP contribution in [-0.4, -0.2) is 34.1 Å². The summed E-state index contributed by atoms with van der Waals surface area (Å²) in [7, 11) is 0. The summed E-state index contributed by atoms with van der Waals surface area (Å²) in [6.07, 6.45) is 0. The zero-order chi connectivity index (χ0) is 13.0. The van der Waals surface area contributed by atoms with Crippen molar-refractivity contribution in [2.75, 3.05) is 13.2 Å². The zero-order valence-electron chi connectivity index (χ0n) is 10.9. The van der Waals surface area contributed by atoms with E-state index in [1.165, 1.54) is 0 Å². The van der Waals surface area contributed by atoms with Crippen molar-refractivity contribution >= 4 is 5.97 Å². The summed E-state index contributed by atoms with van der Waals surface area (Å²) in [5.41, 5.74) is 1.54. The van der Waals surface area contributed by atoms with Gasteiger partial charge in [0.25, 0.3) is 0 Å². The SMILES string of the molecule is Cc1nn(CCOCC(C)C)c(C)c1C(=O)O. The van der Waals surface area contributed by atoms with Crippen molar-refractivity contribution in [2.45, 2.75) is 34.2 Å². The van der Waals surface area contributed by atoms with Gasteiger partial charge in [0, 0.05) is 6.61 Å². The number of aryl methyl sites for hydroxylation is 1. The first-order valence-corrected chi connectivity index (χ1v) is 5.78. The zero-order valence-corrected chi connectivity index (χ0v) is 10.9. The summed E-state index contributed by atoms with van der Waals surface area (Å²) >= 11 is 0. The molecule has 0 amide bonds. The lowest BCUT2D eigenvalue weighted by Gasteiger charge is -2.08. The molecule has 0 aromatic carbocycles. The monoisotopic (exact) mass is 240 g/mol. The number of rotatable bonds is 6. The largest absolute Gasteiger partial charge is 0.478 e. The lowest BCUT2D eigenvalue weighted by atomic mass is 10.2. The summed E-state index contributed by atoms with van der Waals surface area (Å²) in [5.74, 6) is -0.417. The minimum atomic E-state index is -0.922. The van der Waals surface area contributed by atoms with Crippen LogP contribution in [0.3, 0.4) is 0 Å². The topological polar surface area (TPSA) is 64.4 Å². The van der Waals surface area contributed by atoms with Gasteiger partial charge in [0.05, 0.1) is 24.5 Å². The molecule has 5 nitrogen and oxygen atoms in total. The Bertz CT molecular complexity index is 397. The average Bonchev–Trinajstić information content (AvgIpc) is 2.48. The highest BCUT2D eigenvalue weighted by Gasteiger charge is 2.17. The number of hydrogen-bond acceptors (Lipinski definition) is 3. The van der Waals surface area contributed by atoms with Gasteiger partial charge in [0.1, 0.15) is 5.56 Å². The maximum absolute atomic E-state index is 11.0. The van der Waals surface area contributed by atoms with Crippen LogP contribution in [-0.2, 0) is 11.3 Å². The molecular weight excluding hydrogens is 220 g/mol. The lowest BCUT2D eigenvalue weighted by molar-refractivity contribution is 0.0694. The number of carboxylic acids is 1. The van der Waals surface area contributed by atoms with Gasteiger partial charge in [-0.05, 0) is 19.8 Å². The molecule has 1 aromatic heterocycles. The van der Waals surface area contributed by atoms with E-state index < -0.39 is 5.97 Å². The number of aromatic carboxylic acids is 1. The molecule has 0 aliphatic heterocycles. The van der Waals surface area contributed by atoms with Crippen LogP contribution in [0.5, 0.6) is 0 Å². The first kappa shape index (κ1) is 13.7. The number of aromatic nitrogens is 2. The van der Waals surface area contributed by atoms with Crippen molar-refractivity contribution in [2.24, 2.45) is 5.92 Å².